The van der Waals surface area contributed by atoms with E-state index >= 15 is 0 Å². The zero-order valence-electron chi connectivity index (χ0n) is 31.6. The van der Waals surface area contributed by atoms with E-state index in [9.17, 15) is 9.59 Å². The van der Waals surface area contributed by atoms with Gasteiger partial charge in [0.2, 0.25) is 0 Å². The Bertz CT molecular complexity index is 2240. The van der Waals surface area contributed by atoms with Crippen LogP contribution in [-0.2, 0) is 9.47 Å². The van der Waals surface area contributed by atoms with Crippen molar-refractivity contribution < 1.29 is 19.1 Å². The van der Waals surface area contributed by atoms with Crippen molar-refractivity contribution in [3.05, 3.63) is 84.7 Å². The Kier molecular flexibility index (Phi) is 7.43. The number of amides is 2. The molecule has 10 nitrogen and oxygen atoms in total. The van der Waals surface area contributed by atoms with Gasteiger partial charge in [0, 0.05) is 17.6 Å². The molecule has 4 heterocycles. The summed E-state index contributed by atoms with van der Waals surface area (Å²) in [5, 5.41) is 2.29. The first-order chi connectivity index (χ1) is 25.1. The predicted molar refractivity (Wildman–Crippen MR) is 204 cm³/mol. The Labute approximate surface area is 310 Å². The van der Waals surface area contributed by atoms with E-state index in [4.69, 9.17) is 19.4 Å². The van der Waals surface area contributed by atoms with Crippen LogP contribution < -0.4 is 0 Å². The molecule has 3 aromatic carbocycles. The van der Waals surface area contributed by atoms with Crippen LogP contribution in [0.4, 0.5) is 9.59 Å². The molecule has 2 aliphatic carbocycles. The van der Waals surface area contributed by atoms with Crippen LogP contribution in [0, 0.1) is 11.3 Å². The largest absolute Gasteiger partial charge is 0.444 e. The Hall–Kier alpha value is -5.12. The van der Waals surface area contributed by atoms with Crippen molar-refractivity contribution in [2.24, 2.45) is 11.3 Å². The zero-order valence-corrected chi connectivity index (χ0v) is 31.6. The number of fused-ring (bicyclic) bond motifs is 3. The molecule has 2 N–H and O–H groups in total. The molecule has 274 valence electrons. The fourth-order valence-electron chi connectivity index (χ4n) is 8.61. The van der Waals surface area contributed by atoms with Gasteiger partial charge in [-0.1, -0.05) is 55.5 Å². The maximum Gasteiger partial charge on any atom is 0.411 e. The van der Waals surface area contributed by atoms with Crippen molar-refractivity contribution in [1.82, 2.24) is 29.7 Å². The molecule has 6 atom stereocenters. The summed E-state index contributed by atoms with van der Waals surface area (Å²) >= 11 is 0. The molecule has 2 aliphatic heterocycles. The lowest BCUT2D eigenvalue weighted by Crippen LogP contribution is -2.38. The third-order valence-electron chi connectivity index (χ3n) is 11.5. The van der Waals surface area contributed by atoms with E-state index in [1.54, 1.807) is 0 Å². The summed E-state index contributed by atoms with van der Waals surface area (Å²) in [4.78, 5) is 46.6. The van der Waals surface area contributed by atoms with Crippen LogP contribution in [0.5, 0.6) is 0 Å². The first-order valence-electron chi connectivity index (χ1n) is 18.9. The number of nitrogens with one attached hydrogen (secondary N) is 2. The van der Waals surface area contributed by atoms with Gasteiger partial charge in [0.25, 0.3) is 0 Å². The number of piperidine rings is 2. The number of H-pyrrole nitrogens is 2. The SMILES string of the molecule is CC(C)(C)OC(=O)N1C2CC2C[C@H]1c1ncc(-c2ccc3cc(-c4ccc(-c5cnc([C@@H]6C[C@]7(C)CC7N6C(=O)OC(C)(C)C)[nH]5)cc4)ccc3c2)[nH]1. The Morgan fingerprint density at radius 2 is 1.21 bits per heavy atom. The van der Waals surface area contributed by atoms with Crippen molar-refractivity contribution >= 4 is 23.0 Å². The van der Waals surface area contributed by atoms with E-state index in [0.717, 1.165) is 81.7 Å². The number of carbonyl (C=O) groups excluding carboxylic acids is 2. The summed E-state index contributed by atoms with van der Waals surface area (Å²) in [6.45, 7) is 13.7. The monoisotopic (exact) mass is 712 g/mol. The molecule has 0 spiro atoms. The van der Waals surface area contributed by atoms with E-state index in [1.165, 1.54) is 0 Å². The first-order valence-corrected chi connectivity index (χ1v) is 18.9. The highest BCUT2D eigenvalue weighted by atomic mass is 16.6. The summed E-state index contributed by atoms with van der Waals surface area (Å²) in [5.74, 6) is 2.15. The standard InChI is InChI=1S/C43H48N6O4/c1-41(2,3)52-39(50)48-33-18-30(33)19-34(48)37-44-23-32(47-37)29-15-14-27-16-26(12-13-28(27)17-29)24-8-10-25(11-9-24)31-22-45-38(46-31)35-20-43(7)21-36(43)49(35)40(51)53-42(4,5)6/h8-17,22-23,30,33-36H,18-21H2,1-7H3,(H,44,47)(H,45,46)/t30?,33?,34-,35-,36?,43+/m0/s1. The van der Waals surface area contributed by atoms with Gasteiger partial charge in [-0.25, -0.2) is 19.6 Å². The Balaban J connectivity index is 0.894. The van der Waals surface area contributed by atoms with Crippen molar-refractivity contribution in [2.75, 3.05) is 0 Å². The van der Waals surface area contributed by atoms with Crippen LogP contribution >= 0.6 is 0 Å². The van der Waals surface area contributed by atoms with Crippen molar-refractivity contribution in [2.45, 2.75) is 110 Å². The maximum absolute atomic E-state index is 13.2. The van der Waals surface area contributed by atoms with Crippen LogP contribution in [0.1, 0.15) is 97.9 Å². The Morgan fingerprint density at radius 3 is 1.85 bits per heavy atom. The Morgan fingerprint density at radius 1 is 0.679 bits per heavy atom. The first kappa shape index (κ1) is 33.7. The van der Waals surface area contributed by atoms with Gasteiger partial charge in [-0.05, 0) is 118 Å². The third-order valence-corrected chi connectivity index (χ3v) is 11.5. The number of ether oxygens (including phenoxy) is 2. The fraction of sp³-hybridized carbons (Fsp3) is 0.442. The molecular weight excluding hydrogens is 665 g/mol. The molecule has 3 unspecified atom stereocenters. The van der Waals surface area contributed by atoms with Gasteiger partial charge in [-0.15, -0.1) is 0 Å². The minimum atomic E-state index is -0.547. The molecule has 9 rings (SSSR count). The number of carbonyl (C=O) groups is 2. The normalized spacial score (nSPS) is 26.1. The number of rotatable bonds is 5. The van der Waals surface area contributed by atoms with E-state index in [1.807, 2.05) is 63.7 Å². The molecule has 2 saturated carbocycles. The summed E-state index contributed by atoms with van der Waals surface area (Å²) < 4.78 is 11.5. The summed E-state index contributed by atoms with van der Waals surface area (Å²) in [5.41, 5.74) is 5.27. The van der Waals surface area contributed by atoms with Gasteiger partial charge >= 0.3 is 12.2 Å². The molecule has 2 amide bonds. The molecular formula is C43H48N6O4. The van der Waals surface area contributed by atoms with Gasteiger partial charge < -0.3 is 19.4 Å². The van der Waals surface area contributed by atoms with Crippen LogP contribution in [-0.4, -0.2) is 65.2 Å². The molecule has 2 saturated heterocycles. The number of imidazole rings is 2. The van der Waals surface area contributed by atoms with E-state index in [0.29, 0.717) is 5.92 Å². The topological polar surface area (TPSA) is 116 Å². The molecule has 2 aromatic heterocycles. The fourth-order valence-corrected chi connectivity index (χ4v) is 8.61. The van der Waals surface area contributed by atoms with Crippen molar-refractivity contribution in [3.63, 3.8) is 0 Å². The number of aromatic nitrogens is 4. The molecule has 5 aromatic rings. The van der Waals surface area contributed by atoms with E-state index in [2.05, 4.69) is 77.6 Å². The van der Waals surface area contributed by atoms with Crippen LogP contribution in [0.15, 0.2) is 73.1 Å². The smallest absolute Gasteiger partial charge is 0.411 e. The highest BCUT2D eigenvalue weighted by molar-refractivity contribution is 5.90. The second kappa shape index (κ2) is 11.7. The number of hydrogen-bond acceptors (Lipinski definition) is 6. The van der Waals surface area contributed by atoms with Gasteiger partial charge in [0.15, 0.2) is 0 Å². The second-order valence-electron chi connectivity index (χ2n) is 17.9. The van der Waals surface area contributed by atoms with Gasteiger partial charge in [-0.2, -0.15) is 0 Å². The van der Waals surface area contributed by atoms with Gasteiger partial charge in [0.05, 0.1) is 35.9 Å². The number of aromatic amines is 2. The number of benzene rings is 3. The molecule has 0 bridgehead atoms. The summed E-state index contributed by atoms with van der Waals surface area (Å²) in [6, 6.07) is 21.8. The lowest BCUT2D eigenvalue weighted by molar-refractivity contribution is 0.0164. The van der Waals surface area contributed by atoms with Crippen LogP contribution in [0.2, 0.25) is 0 Å². The zero-order chi connectivity index (χ0) is 37.0. The minimum Gasteiger partial charge on any atom is -0.444 e. The molecule has 53 heavy (non-hydrogen) atoms. The molecule has 4 fully saturated rings. The number of nitrogens with zero attached hydrogens (tertiary/aromatic N) is 4. The third kappa shape index (κ3) is 6.25. The van der Waals surface area contributed by atoms with Crippen LogP contribution in [0.25, 0.3) is 44.4 Å². The average molecular weight is 713 g/mol. The lowest BCUT2D eigenvalue weighted by Gasteiger charge is -2.29. The number of hydrogen-bond donors (Lipinski definition) is 2. The van der Waals surface area contributed by atoms with Crippen molar-refractivity contribution in [1.29, 1.82) is 0 Å². The quantitative estimate of drug-likeness (QED) is 0.187. The maximum atomic E-state index is 13.2. The summed E-state index contributed by atoms with van der Waals surface area (Å²) in [6.07, 6.45) is 7.08. The van der Waals surface area contributed by atoms with Gasteiger partial charge in [-0.3, -0.25) is 9.80 Å². The van der Waals surface area contributed by atoms with Crippen molar-refractivity contribution in [3.8, 4) is 33.6 Å². The minimum absolute atomic E-state index is 0.0945. The lowest BCUT2D eigenvalue weighted by atomic mass is 9.98. The molecule has 10 heteroatoms. The van der Waals surface area contributed by atoms with E-state index < -0.39 is 11.2 Å². The predicted octanol–water partition coefficient (Wildman–Crippen LogP) is 9.82. The number of likely N-dealkylation sites (tertiary alicyclic amines) is 2. The van der Waals surface area contributed by atoms with E-state index in [-0.39, 0.29) is 41.8 Å². The summed E-state index contributed by atoms with van der Waals surface area (Å²) in [7, 11) is 0. The molecule has 0 radical (unpaired) electrons. The van der Waals surface area contributed by atoms with Crippen LogP contribution in [0.3, 0.4) is 0 Å². The average Bonchev–Trinajstić information content (AvgIpc) is 3.61. The molecule has 4 aliphatic rings. The second-order valence-corrected chi connectivity index (χ2v) is 17.9. The highest BCUT2D eigenvalue weighted by Gasteiger charge is 2.64. The van der Waals surface area contributed by atoms with Gasteiger partial charge in [0.1, 0.15) is 22.9 Å². The highest BCUT2D eigenvalue weighted by Crippen LogP contribution is 2.63.